The number of methoxy groups -OCH3 is 2. The van der Waals surface area contributed by atoms with Gasteiger partial charge in [-0.3, -0.25) is 4.79 Å². The van der Waals surface area contributed by atoms with Gasteiger partial charge in [-0.25, -0.2) is 8.78 Å². The second kappa shape index (κ2) is 5.91. The number of carbonyl (C=O) groups is 1. The normalized spacial score (nSPS) is 10.3. The Kier molecular flexibility index (Phi) is 4.21. The Bertz CT molecular complexity index is 696. The minimum Gasteiger partial charge on any atom is -0.493 e. The molecule has 5 heteroatoms. The summed E-state index contributed by atoms with van der Waals surface area (Å²) < 4.78 is 36.9. The van der Waals surface area contributed by atoms with Crippen molar-refractivity contribution < 1.29 is 23.0 Å². The van der Waals surface area contributed by atoms with Crippen molar-refractivity contribution in [2.24, 2.45) is 0 Å². The topological polar surface area (TPSA) is 35.5 Å². The number of hydrogen-bond donors (Lipinski definition) is 0. The molecule has 0 fully saturated rings. The summed E-state index contributed by atoms with van der Waals surface area (Å²) >= 11 is 0. The third kappa shape index (κ3) is 2.86. The van der Waals surface area contributed by atoms with Gasteiger partial charge in [0, 0.05) is 11.6 Å². The van der Waals surface area contributed by atoms with Gasteiger partial charge in [0.05, 0.1) is 19.8 Å². The SMILES string of the molecule is COc1cc(C)c(C(=O)c2ccc(F)cc2F)cc1OC. The molecule has 0 saturated heterocycles. The first-order chi connectivity index (χ1) is 9.97. The van der Waals surface area contributed by atoms with Gasteiger partial charge in [-0.2, -0.15) is 0 Å². The largest absolute Gasteiger partial charge is 0.493 e. The molecule has 0 amide bonds. The summed E-state index contributed by atoms with van der Waals surface area (Å²) in [6.07, 6.45) is 0. The molecular formula is C16H14F2O3. The van der Waals surface area contributed by atoms with Crippen LogP contribution in [0.2, 0.25) is 0 Å². The lowest BCUT2D eigenvalue weighted by molar-refractivity contribution is 0.103. The maximum atomic E-state index is 13.7. The number of benzene rings is 2. The number of ether oxygens (including phenoxy) is 2. The van der Waals surface area contributed by atoms with E-state index < -0.39 is 17.4 Å². The highest BCUT2D eigenvalue weighted by molar-refractivity contribution is 6.10. The van der Waals surface area contributed by atoms with Crippen molar-refractivity contribution in [3.63, 3.8) is 0 Å². The first kappa shape index (κ1) is 15.0. The molecule has 110 valence electrons. The molecule has 0 unspecified atom stereocenters. The Morgan fingerprint density at radius 3 is 2.14 bits per heavy atom. The summed E-state index contributed by atoms with van der Waals surface area (Å²) in [6, 6.07) is 5.98. The van der Waals surface area contributed by atoms with E-state index in [9.17, 15) is 13.6 Å². The second-order valence-corrected chi connectivity index (χ2v) is 4.48. The van der Waals surface area contributed by atoms with Gasteiger partial charge >= 0.3 is 0 Å². The van der Waals surface area contributed by atoms with Gasteiger partial charge in [0.25, 0.3) is 0 Å². The first-order valence-corrected chi connectivity index (χ1v) is 6.20. The minimum absolute atomic E-state index is 0.188. The Morgan fingerprint density at radius 2 is 1.57 bits per heavy atom. The Hall–Kier alpha value is -2.43. The molecule has 0 bridgehead atoms. The van der Waals surface area contributed by atoms with E-state index in [-0.39, 0.29) is 11.1 Å². The highest BCUT2D eigenvalue weighted by atomic mass is 19.1. The first-order valence-electron chi connectivity index (χ1n) is 6.20. The zero-order valence-electron chi connectivity index (χ0n) is 11.9. The third-order valence-electron chi connectivity index (χ3n) is 3.15. The quantitative estimate of drug-likeness (QED) is 0.809. The highest BCUT2D eigenvalue weighted by Crippen LogP contribution is 2.31. The van der Waals surface area contributed by atoms with Crippen LogP contribution in [-0.2, 0) is 0 Å². The van der Waals surface area contributed by atoms with Crippen molar-refractivity contribution in [1.29, 1.82) is 0 Å². The van der Waals surface area contributed by atoms with Crippen LogP contribution in [0.4, 0.5) is 8.78 Å². The van der Waals surface area contributed by atoms with Crippen molar-refractivity contribution in [1.82, 2.24) is 0 Å². The summed E-state index contributed by atoms with van der Waals surface area (Å²) in [4.78, 5) is 12.4. The summed E-state index contributed by atoms with van der Waals surface area (Å²) in [5.41, 5.74) is 0.700. The summed E-state index contributed by atoms with van der Waals surface area (Å²) in [5, 5.41) is 0. The van der Waals surface area contributed by atoms with E-state index in [1.54, 1.807) is 13.0 Å². The second-order valence-electron chi connectivity index (χ2n) is 4.48. The van der Waals surface area contributed by atoms with E-state index in [0.717, 1.165) is 12.1 Å². The lowest BCUT2D eigenvalue weighted by Gasteiger charge is -2.12. The van der Waals surface area contributed by atoms with E-state index in [1.807, 2.05) is 0 Å². The molecule has 2 rings (SSSR count). The van der Waals surface area contributed by atoms with E-state index >= 15 is 0 Å². The fourth-order valence-corrected chi connectivity index (χ4v) is 2.04. The molecule has 0 aromatic heterocycles. The lowest BCUT2D eigenvalue weighted by atomic mass is 9.98. The van der Waals surface area contributed by atoms with Gasteiger partial charge in [0.2, 0.25) is 0 Å². The molecule has 0 N–H and O–H groups in total. The molecule has 3 nitrogen and oxygen atoms in total. The van der Waals surface area contributed by atoms with Crippen LogP contribution in [0.3, 0.4) is 0 Å². The van der Waals surface area contributed by atoms with Crippen molar-refractivity contribution in [2.45, 2.75) is 6.92 Å². The van der Waals surface area contributed by atoms with Crippen molar-refractivity contribution in [3.05, 3.63) is 58.7 Å². The smallest absolute Gasteiger partial charge is 0.196 e. The molecule has 21 heavy (non-hydrogen) atoms. The standard InChI is InChI=1S/C16H14F2O3/c1-9-6-14(20-2)15(21-3)8-12(9)16(19)11-5-4-10(17)7-13(11)18/h4-8H,1-3H3. The molecular weight excluding hydrogens is 278 g/mol. The number of ketones is 1. The zero-order chi connectivity index (χ0) is 15.6. The van der Waals surface area contributed by atoms with E-state index in [1.165, 1.54) is 20.3 Å². The van der Waals surface area contributed by atoms with Crippen LogP contribution in [0, 0.1) is 18.6 Å². The molecule has 0 spiro atoms. The van der Waals surface area contributed by atoms with Crippen molar-refractivity contribution in [2.75, 3.05) is 14.2 Å². The summed E-state index contributed by atoms with van der Waals surface area (Å²) in [5.74, 6) is -1.31. The molecule has 0 radical (unpaired) electrons. The monoisotopic (exact) mass is 292 g/mol. The van der Waals surface area contributed by atoms with Gasteiger partial charge in [-0.15, -0.1) is 0 Å². The molecule has 2 aromatic rings. The minimum atomic E-state index is -0.894. The molecule has 2 aromatic carbocycles. The average Bonchev–Trinajstić information content (AvgIpc) is 2.46. The van der Waals surface area contributed by atoms with Gasteiger partial charge in [-0.05, 0) is 36.8 Å². The van der Waals surface area contributed by atoms with Crippen LogP contribution in [0.5, 0.6) is 11.5 Å². The number of aryl methyl sites for hydroxylation is 1. The van der Waals surface area contributed by atoms with E-state index in [4.69, 9.17) is 9.47 Å². The van der Waals surface area contributed by atoms with Gasteiger partial charge in [-0.1, -0.05) is 0 Å². The lowest BCUT2D eigenvalue weighted by Crippen LogP contribution is -2.07. The Labute approximate surface area is 121 Å². The van der Waals surface area contributed by atoms with Crippen LogP contribution >= 0.6 is 0 Å². The number of halogens is 2. The van der Waals surface area contributed by atoms with Gasteiger partial charge in [0.1, 0.15) is 11.6 Å². The molecule has 0 aliphatic heterocycles. The van der Waals surface area contributed by atoms with Gasteiger partial charge < -0.3 is 9.47 Å². The van der Waals surface area contributed by atoms with Crippen LogP contribution in [0.1, 0.15) is 21.5 Å². The predicted octanol–water partition coefficient (Wildman–Crippen LogP) is 3.52. The summed E-state index contributed by atoms with van der Waals surface area (Å²) in [7, 11) is 2.93. The van der Waals surface area contributed by atoms with Gasteiger partial charge in [0.15, 0.2) is 17.3 Å². The average molecular weight is 292 g/mol. The summed E-state index contributed by atoms with van der Waals surface area (Å²) in [6.45, 7) is 1.70. The van der Waals surface area contributed by atoms with E-state index in [2.05, 4.69) is 0 Å². The maximum Gasteiger partial charge on any atom is 0.196 e. The maximum absolute atomic E-state index is 13.7. The van der Waals surface area contributed by atoms with Crippen LogP contribution in [-0.4, -0.2) is 20.0 Å². The molecule has 0 aliphatic rings. The van der Waals surface area contributed by atoms with Crippen molar-refractivity contribution >= 4 is 5.78 Å². The Balaban J connectivity index is 2.53. The van der Waals surface area contributed by atoms with Crippen LogP contribution < -0.4 is 9.47 Å². The third-order valence-corrected chi connectivity index (χ3v) is 3.15. The van der Waals surface area contributed by atoms with Crippen LogP contribution in [0.25, 0.3) is 0 Å². The number of rotatable bonds is 4. The number of hydrogen-bond acceptors (Lipinski definition) is 3. The molecule has 0 saturated carbocycles. The highest BCUT2D eigenvalue weighted by Gasteiger charge is 2.19. The van der Waals surface area contributed by atoms with Crippen molar-refractivity contribution in [3.8, 4) is 11.5 Å². The van der Waals surface area contributed by atoms with Crippen LogP contribution in [0.15, 0.2) is 30.3 Å². The molecule has 0 heterocycles. The number of carbonyl (C=O) groups excluding carboxylic acids is 1. The Morgan fingerprint density at radius 1 is 0.952 bits per heavy atom. The fraction of sp³-hybridized carbons (Fsp3) is 0.188. The predicted molar refractivity (Wildman–Crippen MR) is 74.1 cm³/mol. The molecule has 0 atom stereocenters. The fourth-order valence-electron chi connectivity index (χ4n) is 2.04. The zero-order valence-corrected chi connectivity index (χ0v) is 11.9. The molecule has 0 aliphatic carbocycles. The van der Waals surface area contributed by atoms with E-state index in [0.29, 0.717) is 23.1 Å².